The largest absolute Gasteiger partial charge is 0.361 e. The fraction of sp³-hybridized carbons (Fsp3) is 0.294. The van der Waals surface area contributed by atoms with Crippen LogP contribution >= 0.6 is 11.3 Å². The van der Waals surface area contributed by atoms with Gasteiger partial charge in [0.2, 0.25) is 0 Å². The third-order valence-electron chi connectivity index (χ3n) is 4.05. The average Bonchev–Trinajstić information content (AvgIpc) is 3.10. The monoisotopic (exact) mass is 344 g/mol. The number of nitrogens with zero attached hydrogens (tertiary/aromatic N) is 1. The molecule has 0 unspecified atom stereocenters. The molecule has 0 bridgehead atoms. The van der Waals surface area contributed by atoms with Crippen LogP contribution in [0, 0.1) is 5.82 Å². The molecule has 1 aliphatic rings. The Bertz CT molecular complexity index is 884. The van der Waals surface area contributed by atoms with E-state index in [1.54, 1.807) is 11.4 Å². The summed E-state index contributed by atoms with van der Waals surface area (Å²) in [4.78, 5) is 19.6. The maximum absolute atomic E-state index is 13.4. The molecule has 0 atom stereocenters. The molecule has 4 rings (SSSR count). The molecule has 24 heavy (non-hydrogen) atoms. The SMILES string of the molecule is O=C(NCCc1c[nH]c2ccc(F)cc12)c1csc(NC2CC2)n1. The zero-order chi connectivity index (χ0) is 16.5. The summed E-state index contributed by atoms with van der Waals surface area (Å²) in [6.45, 7) is 0.477. The molecule has 1 fully saturated rings. The van der Waals surface area contributed by atoms with Crippen molar-refractivity contribution >= 4 is 33.3 Å². The lowest BCUT2D eigenvalue weighted by atomic mass is 10.1. The molecule has 3 aromatic rings. The van der Waals surface area contributed by atoms with E-state index in [0.717, 1.165) is 21.6 Å². The van der Waals surface area contributed by atoms with Crippen molar-refractivity contribution in [2.45, 2.75) is 25.3 Å². The molecule has 124 valence electrons. The molecule has 5 nitrogen and oxygen atoms in total. The van der Waals surface area contributed by atoms with E-state index in [2.05, 4.69) is 20.6 Å². The Kier molecular flexibility index (Phi) is 3.93. The van der Waals surface area contributed by atoms with Gasteiger partial charge in [-0.05, 0) is 43.0 Å². The van der Waals surface area contributed by atoms with Crippen molar-refractivity contribution in [3.05, 3.63) is 46.9 Å². The molecular weight excluding hydrogens is 327 g/mol. The van der Waals surface area contributed by atoms with Gasteiger partial charge in [0.1, 0.15) is 11.5 Å². The summed E-state index contributed by atoms with van der Waals surface area (Å²) in [6, 6.07) is 5.18. The third kappa shape index (κ3) is 3.26. The number of hydrogen-bond acceptors (Lipinski definition) is 4. The number of carbonyl (C=O) groups excluding carboxylic acids is 1. The highest BCUT2D eigenvalue weighted by atomic mass is 32.1. The van der Waals surface area contributed by atoms with E-state index in [1.807, 2.05) is 6.20 Å². The van der Waals surface area contributed by atoms with Crippen LogP contribution in [0.3, 0.4) is 0 Å². The van der Waals surface area contributed by atoms with E-state index in [-0.39, 0.29) is 11.7 Å². The summed E-state index contributed by atoms with van der Waals surface area (Å²) in [5.41, 5.74) is 2.32. The molecule has 1 aliphatic carbocycles. The first-order valence-electron chi connectivity index (χ1n) is 7.95. The summed E-state index contributed by atoms with van der Waals surface area (Å²) in [6.07, 6.45) is 4.84. The Morgan fingerprint density at radius 2 is 2.29 bits per heavy atom. The van der Waals surface area contributed by atoms with Gasteiger partial charge in [-0.1, -0.05) is 0 Å². The van der Waals surface area contributed by atoms with Crippen LogP contribution < -0.4 is 10.6 Å². The second-order valence-electron chi connectivity index (χ2n) is 5.97. The maximum atomic E-state index is 13.4. The molecule has 0 spiro atoms. The van der Waals surface area contributed by atoms with Gasteiger partial charge in [0, 0.05) is 35.1 Å². The zero-order valence-electron chi connectivity index (χ0n) is 12.9. The molecule has 0 saturated heterocycles. The van der Waals surface area contributed by atoms with Crippen LogP contribution in [0.15, 0.2) is 29.8 Å². The Labute approximate surface area is 142 Å². The number of aromatic amines is 1. The second-order valence-corrected chi connectivity index (χ2v) is 6.82. The molecular formula is C17H17FN4OS. The number of benzene rings is 1. The molecule has 1 saturated carbocycles. The van der Waals surface area contributed by atoms with Crippen molar-refractivity contribution in [3.63, 3.8) is 0 Å². The Hall–Kier alpha value is -2.41. The van der Waals surface area contributed by atoms with Crippen molar-refractivity contribution in [3.8, 4) is 0 Å². The summed E-state index contributed by atoms with van der Waals surface area (Å²) in [5, 5.41) is 9.57. The van der Waals surface area contributed by atoms with Gasteiger partial charge < -0.3 is 15.6 Å². The van der Waals surface area contributed by atoms with E-state index in [1.165, 1.54) is 36.3 Å². The highest BCUT2D eigenvalue weighted by Crippen LogP contribution is 2.26. The lowest BCUT2D eigenvalue weighted by Gasteiger charge is -2.03. The van der Waals surface area contributed by atoms with Crippen LogP contribution in [-0.2, 0) is 6.42 Å². The number of amides is 1. The van der Waals surface area contributed by atoms with Gasteiger partial charge in [-0.2, -0.15) is 0 Å². The van der Waals surface area contributed by atoms with Gasteiger partial charge in [0.05, 0.1) is 0 Å². The van der Waals surface area contributed by atoms with Crippen LogP contribution in [0.4, 0.5) is 9.52 Å². The first-order valence-corrected chi connectivity index (χ1v) is 8.83. The Morgan fingerprint density at radius 3 is 3.12 bits per heavy atom. The summed E-state index contributed by atoms with van der Waals surface area (Å²) < 4.78 is 13.4. The Balaban J connectivity index is 1.35. The predicted molar refractivity (Wildman–Crippen MR) is 93.1 cm³/mol. The number of halogens is 1. The number of aromatic nitrogens is 2. The smallest absolute Gasteiger partial charge is 0.270 e. The topological polar surface area (TPSA) is 69.8 Å². The predicted octanol–water partition coefficient (Wildman–Crippen LogP) is 3.31. The average molecular weight is 344 g/mol. The highest BCUT2D eigenvalue weighted by Gasteiger charge is 2.22. The second kappa shape index (κ2) is 6.24. The molecule has 2 heterocycles. The molecule has 2 aromatic heterocycles. The number of anilines is 1. The van der Waals surface area contributed by atoms with E-state index < -0.39 is 0 Å². The van der Waals surface area contributed by atoms with Crippen LogP contribution in [-0.4, -0.2) is 28.5 Å². The number of hydrogen-bond donors (Lipinski definition) is 3. The number of thiazole rings is 1. The first kappa shape index (κ1) is 15.1. The number of carbonyl (C=O) groups is 1. The minimum Gasteiger partial charge on any atom is -0.361 e. The van der Waals surface area contributed by atoms with Crippen LogP contribution in [0.1, 0.15) is 28.9 Å². The van der Waals surface area contributed by atoms with Crippen LogP contribution in [0.25, 0.3) is 10.9 Å². The Morgan fingerprint density at radius 1 is 1.42 bits per heavy atom. The maximum Gasteiger partial charge on any atom is 0.270 e. The molecule has 3 N–H and O–H groups in total. The minimum atomic E-state index is -0.259. The van der Waals surface area contributed by atoms with Crippen molar-refractivity contribution in [2.24, 2.45) is 0 Å². The fourth-order valence-corrected chi connectivity index (χ4v) is 3.37. The zero-order valence-corrected chi connectivity index (χ0v) is 13.8. The third-order valence-corrected chi connectivity index (χ3v) is 4.82. The van der Waals surface area contributed by atoms with Gasteiger partial charge in [-0.25, -0.2) is 9.37 Å². The quantitative estimate of drug-likeness (QED) is 0.642. The van der Waals surface area contributed by atoms with Crippen molar-refractivity contribution < 1.29 is 9.18 Å². The molecule has 1 amide bonds. The highest BCUT2D eigenvalue weighted by molar-refractivity contribution is 7.13. The van der Waals surface area contributed by atoms with Crippen molar-refractivity contribution in [1.29, 1.82) is 0 Å². The fourth-order valence-electron chi connectivity index (χ4n) is 2.61. The number of nitrogens with one attached hydrogen (secondary N) is 3. The van der Waals surface area contributed by atoms with Gasteiger partial charge >= 0.3 is 0 Å². The van der Waals surface area contributed by atoms with Crippen molar-refractivity contribution in [1.82, 2.24) is 15.3 Å². The van der Waals surface area contributed by atoms with Crippen LogP contribution in [0.2, 0.25) is 0 Å². The standard InChI is InChI=1S/C17H17FN4OS/c18-11-1-4-14-13(7-11)10(8-20-14)5-6-19-16(23)15-9-24-17(22-15)21-12-2-3-12/h1,4,7-9,12,20H,2-3,5-6H2,(H,19,23)(H,21,22). The lowest BCUT2D eigenvalue weighted by Crippen LogP contribution is -2.26. The van der Waals surface area contributed by atoms with E-state index in [0.29, 0.717) is 24.7 Å². The summed E-state index contributed by atoms with van der Waals surface area (Å²) >= 11 is 1.45. The normalized spacial score (nSPS) is 14.0. The van der Waals surface area contributed by atoms with Gasteiger partial charge in [0.25, 0.3) is 5.91 Å². The van der Waals surface area contributed by atoms with E-state index in [4.69, 9.17) is 0 Å². The molecule has 7 heteroatoms. The molecule has 1 aromatic carbocycles. The molecule has 0 radical (unpaired) electrons. The minimum absolute atomic E-state index is 0.180. The summed E-state index contributed by atoms with van der Waals surface area (Å²) in [7, 11) is 0. The van der Waals surface area contributed by atoms with Gasteiger partial charge in [-0.3, -0.25) is 4.79 Å². The number of H-pyrrole nitrogens is 1. The lowest BCUT2D eigenvalue weighted by molar-refractivity contribution is 0.0950. The van der Waals surface area contributed by atoms with Crippen LogP contribution in [0.5, 0.6) is 0 Å². The van der Waals surface area contributed by atoms with E-state index >= 15 is 0 Å². The molecule has 0 aliphatic heterocycles. The van der Waals surface area contributed by atoms with E-state index in [9.17, 15) is 9.18 Å². The number of rotatable bonds is 6. The summed E-state index contributed by atoms with van der Waals surface area (Å²) in [5.74, 6) is -0.438. The number of fused-ring (bicyclic) bond motifs is 1. The van der Waals surface area contributed by atoms with Gasteiger partial charge in [-0.15, -0.1) is 11.3 Å². The first-order chi connectivity index (χ1) is 11.7. The van der Waals surface area contributed by atoms with Gasteiger partial charge in [0.15, 0.2) is 5.13 Å². The van der Waals surface area contributed by atoms with Crippen molar-refractivity contribution in [2.75, 3.05) is 11.9 Å².